The zero-order chi connectivity index (χ0) is 26.9. The van der Waals surface area contributed by atoms with Gasteiger partial charge in [-0.05, 0) is 60.4 Å². The van der Waals surface area contributed by atoms with Gasteiger partial charge < -0.3 is 18.8 Å². The Kier molecular flexibility index (Phi) is 7.44. The van der Waals surface area contributed by atoms with E-state index < -0.39 is 0 Å². The standard InChI is InChI=1S/C29H28Cl2N4O4/c1-37-29(36)20-4-7-24-26(13-20)35(14-22-9-11-38-22)27(32-24)16-34-10-8-19-12-23(31)28(33-25(19)15-34)39-17-18-2-5-21(30)6-3-18/h2-7,12-13,22H,8-11,14-17H2,1H3/t22-/m0/s1. The molecule has 0 bridgehead atoms. The fraction of sp³-hybridized carbons (Fsp3) is 0.345. The highest BCUT2D eigenvalue weighted by Crippen LogP contribution is 2.30. The number of ether oxygens (including phenoxy) is 3. The lowest BCUT2D eigenvalue weighted by atomic mass is 10.1. The molecule has 0 radical (unpaired) electrons. The molecule has 0 N–H and O–H groups in total. The maximum absolute atomic E-state index is 12.2. The highest BCUT2D eigenvalue weighted by molar-refractivity contribution is 6.32. The average Bonchev–Trinajstić information content (AvgIpc) is 3.25. The number of nitrogens with zero attached hydrogens (tertiary/aromatic N) is 4. The van der Waals surface area contributed by atoms with Gasteiger partial charge in [0.05, 0.1) is 48.6 Å². The maximum atomic E-state index is 12.2. The van der Waals surface area contributed by atoms with Crippen LogP contribution in [-0.4, -0.2) is 51.8 Å². The zero-order valence-electron chi connectivity index (χ0n) is 21.5. The molecule has 1 atom stereocenters. The molecule has 1 fully saturated rings. The van der Waals surface area contributed by atoms with Gasteiger partial charge in [-0.25, -0.2) is 14.8 Å². The highest BCUT2D eigenvalue weighted by atomic mass is 35.5. The molecule has 4 aromatic rings. The normalized spacial score (nSPS) is 17.1. The van der Waals surface area contributed by atoms with Gasteiger partial charge in [0, 0.05) is 24.7 Å². The first kappa shape index (κ1) is 26.1. The van der Waals surface area contributed by atoms with Crippen LogP contribution in [-0.2, 0) is 42.1 Å². The van der Waals surface area contributed by atoms with Crippen LogP contribution in [0.4, 0.5) is 0 Å². The molecule has 0 saturated carbocycles. The molecule has 0 unspecified atom stereocenters. The lowest BCUT2D eigenvalue weighted by Crippen LogP contribution is -2.34. The number of methoxy groups -OCH3 is 1. The van der Waals surface area contributed by atoms with Crippen molar-refractivity contribution >= 4 is 40.2 Å². The van der Waals surface area contributed by atoms with Crippen LogP contribution in [0.3, 0.4) is 0 Å². The van der Waals surface area contributed by atoms with E-state index in [1.54, 1.807) is 6.07 Å². The molecule has 4 heterocycles. The number of imidazole rings is 1. The third kappa shape index (κ3) is 5.61. The van der Waals surface area contributed by atoms with Crippen LogP contribution in [0.1, 0.15) is 39.4 Å². The Labute approximate surface area is 236 Å². The molecular formula is C29H28Cl2N4O4. The first-order valence-electron chi connectivity index (χ1n) is 12.9. The molecular weight excluding hydrogens is 539 g/mol. The van der Waals surface area contributed by atoms with E-state index in [0.717, 1.165) is 59.7 Å². The van der Waals surface area contributed by atoms with Crippen molar-refractivity contribution in [1.29, 1.82) is 0 Å². The van der Waals surface area contributed by atoms with E-state index in [4.69, 9.17) is 47.4 Å². The van der Waals surface area contributed by atoms with Crippen LogP contribution < -0.4 is 4.74 Å². The lowest BCUT2D eigenvalue weighted by Gasteiger charge is -2.30. The predicted molar refractivity (Wildman–Crippen MR) is 148 cm³/mol. The molecule has 2 aromatic carbocycles. The van der Waals surface area contributed by atoms with Crippen LogP contribution in [0, 0.1) is 0 Å². The van der Waals surface area contributed by atoms with Crippen molar-refractivity contribution in [3.05, 3.63) is 86.8 Å². The largest absolute Gasteiger partial charge is 0.472 e. The Balaban J connectivity index is 1.22. The Morgan fingerprint density at radius 2 is 1.95 bits per heavy atom. The van der Waals surface area contributed by atoms with Gasteiger partial charge in [0.25, 0.3) is 0 Å². The number of hydrogen-bond acceptors (Lipinski definition) is 7. The number of pyridine rings is 1. The topological polar surface area (TPSA) is 78.7 Å². The van der Waals surface area contributed by atoms with Crippen LogP contribution in [0.2, 0.25) is 10.0 Å². The van der Waals surface area contributed by atoms with Gasteiger partial charge >= 0.3 is 5.97 Å². The summed E-state index contributed by atoms with van der Waals surface area (Å²) >= 11 is 12.5. The highest BCUT2D eigenvalue weighted by Gasteiger charge is 2.26. The summed E-state index contributed by atoms with van der Waals surface area (Å²) in [5.74, 6) is 0.994. The van der Waals surface area contributed by atoms with Crippen molar-refractivity contribution in [2.75, 3.05) is 20.3 Å². The smallest absolute Gasteiger partial charge is 0.337 e. The van der Waals surface area contributed by atoms with E-state index >= 15 is 0 Å². The summed E-state index contributed by atoms with van der Waals surface area (Å²) in [6, 6.07) is 15.0. The average molecular weight is 567 g/mol. The van der Waals surface area contributed by atoms with Gasteiger partial charge in [-0.1, -0.05) is 35.3 Å². The second kappa shape index (κ2) is 11.1. The summed E-state index contributed by atoms with van der Waals surface area (Å²) in [4.78, 5) is 24.2. The van der Waals surface area contributed by atoms with Crippen molar-refractivity contribution in [1.82, 2.24) is 19.4 Å². The van der Waals surface area contributed by atoms with E-state index in [0.29, 0.717) is 47.7 Å². The minimum atomic E-state index is -0.363. The number of aromatic nitrogens is 3. The van der Waals surface area contributed by atoms with E-state index in [1.165, 1.54) is 7.11 Å². The summed E-state index contributed by atoms with van der Waals surface area (Å²) < 4.78 is 18.8. The van der Waals surface area contributed by atoms with Gasteiger partial charge in [0.2, 0.25) is 5.88 Å². The Bertz CT molecular complexity index is 1520. The summed E-state index contributed by atoms with van der Waals surface area (Å²) in [5.41, 5.74) is 5.33. The molecule has 2 aliphatic heterocycles. The van der Waals surface area contributed by atoms with Crippen LogP contribution >= 0.6 is 23.2 Å². The molecule has 1 saturated heterocycles. The van der Waals surface area contributed by atoms with Crippen molar-refractivity contribution in [3.8, 4) is 5.88 Å². The number of carbonyl (C=O) groups excluding carboxylic acids is 1. The summed E-state index contributed by atoms with van der Waals surface area (Å²) in [5, 5.41) is 1.20. The Morgan fingerprint density at radius 3 is 2.69 bits per heavy atom. The SMILES string of the molecule is COC(=O)c1ccc2nc(CN3CCc4cc(Cl)c(OCc5ccc(Cl)cc5)nc4C3)n(C[C@@H]3CCO3)c2c1. The van der Waals surface area contributed by atoms with Crippen molar-refractivity contribution in [2.45, 2.75) is 45.2 Å². The molecule has 39 heavy (non-hydrogen) atoms. The number of halogens is 2. The minimum Gasteiger partial charge on any atom is -0.472 e. The number of esters is 1. The quantitative estimate of drug-likeness (QED) is 0.262. The number of rotatable bonds is 8. The number of benzene rings is 2. The Morgan fingerprint density at radius 1 is 1.13 bits per heavy atom. The molecule has 202 valence electrons. The number of carbonyl (C=O) groups is 1. The second-order valence-corrected chi connectivity index (χ2v) is 10.7. The van der Waals surface area contributed by atoms with Gasteiger partial charge in [-0.2, -0.15) is 0 Å². The number of hydrogen-bond donors (Lipinski definition) is 0. The Hall–Kier alpha value is -3.17. The monoisotopic (exact) mass is 566 g/mol. The molecule has 6 rings (SSSR count). The fourth-order valence-electron chi connectivity index (χ4n) is 5.01. The third-order valence-electron chi connectivity index (χ3n) is 7.26. The van der Waals surface area contributed by atoms with Crippen LogP contribution in [0.15, 0.2) is 48.5 Å². The molecule has 10 heteroatoms. The molecule has 2 aliphatic rings. The van der Waals surface area contributed by atoms with Crippen LogP contribution in [0.5, 0.6) is 5.88 Å². The third-order valence-corrected chi connectivity index (χ3v) is 7.79. The molecule has 0 aliphatic carbocycles. The van der Waals surface area contributed by atoms with Crippen molar-refractivity contribution in [2.24, 2.45) is 0 Å². The minimum absolute atomic E-state index is 0.147. The lowest BCUT2D eigenvalue weighted by molar-refractivity contribution is -0.0592. The first-order chi connectivity index (χ1) is 19.0. The zero-order valence-corrected chi connectivity index (χ0v) is 23.0. The number of fused-ring (bicyclic) bond motifs is 2. The van der Waals surface area contributed by atoms with E-state index in [1.807, 2.05) is 42.5 Å². The van der Waals surface area contributed by atoms with Crippen molar-refractivity contribution in [3.63, 3.8) is 0 Å². The van der Waals surface area contributed by atoms with E-state index in [9.17, 15) is 4.79 Å². The first-order valence-corrected chi connectivity index (χ1v) is 13.7. The summed E-state index contributed by atoms with van der Waals surface area (Å²) in [6.07, 6.45) is 1.99. The van der Waals surface area contributed by atoms with Crippen LogP contribution in [0.25, 0.3) is 11.0 Å². The summed E-state index contributed by atoms with van der Waals surface area (Å²) in [6.45, 7) is 3.97. The van der Waals surface area contributed by atoms with Gasteiger partial charge in [0.15, 0.2) is 0 Å². The molecule has 0 amide bonds. The van der Waals surface area contributed by atoms with Gasteiger partial charge in [-0.15, -0.1) is 0 Å². The van der Waals surface area contributed by atoms with E-state index in [2.05, 4.69) is 9.47 Å². The predicted octanol–water partition coefficient (Wildman–Crippen LogP) is 5.45. The van der Waals surface area contributed by atoms with Gasteiger partial charge in [-0.3, -0.25) is 4.90 Å². The van der Waals surface area contributed by atoms with E-state index in [-0.39, 0.29) is 12.1 Å². The second-order valence-electron chi connectivity index (χ2n) is 9.87. The van der Waals surface area contributed by atoms with Gasteiger partial charge in [0.1, 0.15) is 17.5 Å². The van der Waals surface area contributed by atoms with Crippen molar-refractivity contribution < 1.29 is 19.0 Å². The fourth-order valence-corrected chi connectivity index (χ4v) is 5.37. The molecule has 8 nitrogen and oxygen atoms in total. The molecule has 2 aromatic heterocycles. The summed E-state index contributed by atoms with van der Waals surface area (Å²) in [7, 11) is 1.39. The molecule has 0 spiro atoms. The maximum Gasteiger partial charge on any atom is 0.337 e.